The molecule has 3 rings (SSSR count). The summed E-state index contributed by atoms with van der Waals surface area (Å²) in [4.78, 5) is 18.2. The Morgan fingerprint density at radius 1 is 1.42 bits per heavy atom. The number of hydrogen-bond donors (Lipinski definition) is 1. The van der Waals surface area contributed by atoms with Crippen LogP contribution in [-0.4, -0.2) is 49.6 Å². The molecule has 0 saturated carbocycles. The average molecular weight is 349 g/mol. The number of piperidine rings is 1. The molecule has 1 aliphatic rings. The van der Waals surface area contributed by atoms with Crippen LogP contribution in [0.3, 0.4) is 0 Å². The Bertz CT molecular complexity index is 839. The van der Waals surface area contributed by atoms with Crippen LogP contribution >= 0.6 is 0 Å². The van der Waals surface area contributed by atoms with Crippen LogP contribution in [0.1, 0.15) is 18.7 Å². The zero-order chi connectivity index (χ0) is 17.2. The normalized spacial score (nSPS) is 19.2. The van der Waals surface area contributed by atoms with Gasteiger partial charge in [-0.25, -0.2) is 18.1 Å². The van der Waals surface area contributed by atoms with Gasteiger partial charge < -0.3 is 9.32 Å². The Morgan fingerprint density at radius 3 is 2.96 bits per heavy atom. The summed E-state index contributed by atoms with van der Waals surface area (Å²) in [5, 5.41) is 0. The van der Waals surface area contributed by atoms with Crippen molar-refractivity contribution in [1.82, 2.24) is 14.6 Å². The van der Waals surface area contributed by atoms with Crippen LogP contribution in [0, 0.1) is 0 Å². The highest BCUT2D eigenvalue weighted by Gasteiger charge is 2.24. The van der Waals surface area contributed by atoms with Gasteiger partial charge in [-0.3, -0.25) is 4.79 Å². The molecule has 1 aromatic heterocycles. The second kappa shape index (κ2) is 6.74. The number of likely N-dealkylation sites (tertiary alicyclic amines) is 1. The largest absolute Gasteiger partial charge is 0.437 e. The molecule has 1 aromatic carbocycles. The number of para-hydroxylation sites is 2. The molecule has 24 heavy (non-hydrogen) atoms. The molecule has 7 nitrogen and oxygen atoms in total. The lowest BCUT2D eigenvalue weighted by atomic mass is 10.1. The number of sulfonamides is 1. The number of carbonyl (C=O) groups is 1. The van der Waals surface area contributed by atoms with Crippen LogP contribution in [0.4, 0.5) is 0 Å². The number of nitrogens with one attached hydrogen (secondary N) is 1. The maximum Gasteiger partial charge on any atom is 0.246 e. The highest BCUT2D eigenvalue weighted by molar-refractivity contribution is 7.88. The van der Waals surface area contributed by atoms with Gasteiger partial charge in [0.25, 0.3) is 0 Å². The number of nitrogens with zero attached hydrogens (tertiary/aromatic N) is 2. The molecule has 0 bridgehead atoms. The predicted octanol–water partition coefficient (Wildman–Crippen LogP) is 1.38. The SMILES string of the molecule is CS(=O)(=O)N[C@H]1CCCN(C(=O)/C=C/c2nc3ccccc3o2)C1. The third kappa shape index (κ3) is 4.21. The van der Waals surface area contributed by atoms with Crippen molar-refractivity contribution >= 4 is 33.1 Å². The van der Waals surface area contributed by atoms with Gasteiger partial charge >= 0.3 is 0 Å². The first-order valence-electron chi connectivity index (χ1n) is 7.70. The second-order valence-corrected chi connectivity index (χ2v) is 7.65. The lowest BCUT2D eigenvalue weighted by molar-refractivity contribution is -0.127. The maximum absolute atomic E-state index is 12.3. The van der Waals surface area contributed by atoms with Crippen molar-refractivity contribution in [2.24, 2.45) is 0 Å². The van der Waals surface area contributed by atoms with Gasteiger partial charge in [-0.2, -0.15) is 0 Å². The zero-order valence-electron chi connectivity index (χ0n) is 13.3. The molecule has 1 aliphatic heterocycles. The fourth-order valence-electron chi connectivity index (χ4n) is 2.79. The van der Waals surface area contributed by atoms with Crippen molar-refractivity contribution < 1.29 is 17.6 Å². The molecule has 1 atom stereocenters. The monoisotopic (exact) mass is 349 g/mol. The predicted molar refractivity (Wildman–Crippen MR) is 90.6 cm³/mol. The van der Waals surface area contributed by atoms with E-state index in [0.717, 1.165) is 24.6 Å². The Balaban J connectivity index is 1.65. The van der Waals surface area contributed by atoms with Gasteiger partial charge in [0.1, 0.15) is 5.52 Å². The van der Waals surface area contributed by atoms with E-state index in [4.69, 9.17) is 4.42 Å². The van der Waals surface area contributed by atoms with Gasteiger partial charge in [-0.05, 0) is 25.0 Å². The van der Waals surface area contributed by atoms with E-state index in [2.05, 4.69) is 9.71 Å². The minimum atomic E-state index is -3.27. The van der Waals surface area contributed by atoms with Crippen LogP contribution in [0.15, 0.2) is 34.8 Å². The van der Waals surface area contributed by atoms with Gasteiger partial charge in [0, 0.05) is 31.3 Å². The summed E-state index contributed by atoms with van der Waals surface area (Å²) in [5.41, 5.74) is 1.40. The minimum absolute atomic E-state index is 0.183. The molecule has 0 aliphatic carbocycles. The van der Waals surface area contributed by atoms with E-state index in [9.17, 15) is 13.2 Å². The summed E-state index contributed by atoms with van der Waals surface area (Å²) in [6.45, 7) is 0.975. The molecule has 2 heterocycles. The Labute approximate surface area is 140 Å². The number of aromatic nitrogens is 1. The highest BCUT2D eigenvalue weighted by atomic mass is 32.2. The molecule has 0 unspecified atom stereocenters. The van der Waals surface area contributed by atoms with Crippen molar-refractivity contribution in [3.05, 3.63) is 36.2 Å². The summed E-state index contributed by atoms with van der Waals surface area (Å²) < 4.78 is 30.7. The number of oxazole rings is 1. The van der Waals surface area contributed by atoms with Crippen LogP contribution in [0.25, 0.3) is 17.2 Å². The molecule has 8 heteroatoms. The summed E-state index contributed by atoms with van der Waals surface area (Å²) >= 11 is 0. The summed E-state index contributed by atoms with van der Waals surface area (Å²) in [6.07, 6.45) is 5.56. The molecule has 1 N–H and O–H groups in total. The summed E-state index contributed by atoms with van der Waals surface area (Å²) in [5.74, 6) is 0.185. The maximum atomic E-state index is 12.3. The Hall–Kier alpha value is -2.19. The first kappa shape index (κ1) is 16.7. The minimum Gasteiger partial charge on any atom is -0.437 e. The van der Waals surface area contributed by atoms with E-state index in [1.807, 2.05) is 24.3 Å². The summed E-state index contributed by atoms with van der Waals surface area (Å²) in [6, 6.07) is 7.13. The van der Waals surface area contributed by atoms with Crippen LogP contribution in [0.5, 0.6) is 0 Å². The van der Waals surface area contributed by atoms with E-state index >= 15 is 0 Å². The highest BCUT2D eigenvalue weighted by Crippen LogP contribution is 2.16. The standard InChI is InChI=1S/C16H19N3O4S/c1-24(21,22)18-12-5-4-10-19(11-12)16(20)9-8-15-17-13-6-2-3-7-14(13)23-15/h2-3,6-9,12,18H,4-5,10-11H2,1H3/b9-8+/t12-/m0/s1. The van der Waals surface area contributed by atoms with Crippen molar-refractivity contribution in [2.75, 3.05) is 19.3 Å². The molecule has 128 valence electrons. The smallest absolute Gasteiger partial charge is 0.246 e. The van der Waals surface area contributed by atoms with E-state index < -0.39 is 10.0 Å². The first-order valence-corrected chi connectivity index (χ1v) is 9.60. The van der Waals surface area contributed by atoms with Gasteiger partial charge in [-0.1, -0.05) is 12.1 Å². The van der Waals surface area contributed by atoms with Crippen molar-refractivity contribution in [1.29, 1.82) is 0 Å². The lowest BCUT2D eigenvalue weighted by Gasteiger charge is -2.32. The zero-order valence-corrected chi connectivity index (χ0v) is 14.1. The molecule has 1 amide bonds. The number of amides is 1. The number of rotatable bonds is 4. The number of carbonyl (C=O) groups excluding carboxylic acids is 1. The molecule has 1 fully saturated rings. The van der Waals surface area contributed by atoms with Crippen LogP contribution < -0.4 is 4.72 Å². The molecule has 1 saturated heterocycles. The first-order chi connectivity index (χ1) is 11.4. The fourth-order valence-corrected chi connectivity index (χ4v) is 3.58. The lowest BCUT2D eigenvalue weighted by Crippen LogP contribution is -2.48. The Morgan fingerprint density at radius 2 is 2.21 bits per heavy atom. The van der Waals surface area contributed by atoms with Gasteiger partial charge in [0.2, 0.25) is 21.8 Å². The van der Waals surface area contributed by atoms with Crippen molar-refractivity contribution in [3.63, 3.8) is 0 Å². The summed E-state index contributed by atoms with van der Waals surface area (Å²) in [7, 11) is -3.27. The van der Waals surface area contributed by atoms with E-state index in [1.54, 1.807) is 4.90 Å². The van der Waals surface area contributed by atoms with Crippen LogP contribution in [-0.2, 0) is 14.8 Å². The van der Waals surface area contributed by atoms with Gasteiger partial charge in [0.05, 0.1) is 6.26 Å². The third-order valence-corrected chi connectivity index (χ3v) is 4.55. The average Bonchev–Trinajstić information content (AvgIpc) is 2.94. The van der Waals surface area contributed by atoms with E-state index in [0.29, 0.717) is 24.6 Å². The van der Waals surface area contributed by atoms with Crippen LogP contribution in [0.2, 0.25) is 0 Å². The van der Waals surface area contributed by atoms with Gasteiger partial charge in [-0.15, -0.1) is 0 Å². The van der Waals surface area contributed by atoms with Crippen molar-refractivity contribution in [3.8, 4) is 0 Å². The number of fused-ring (bicyclic) bond motifs is 1. The topological polar surface area (TPSA) is 92.5 Å². The third-order valence-electron chi connectivity index (χ3n) is 3.79. The Kier molecular flexibility index (Phi) is 4.68. The van der Waals surface area contributed by atoms with Crippen molar-refractivity contribution in [2.45, 2.75) is 18.9 Å². The quantitative estimate of drug-likeness (QED) is 0.842. The number of hydrogen-bond acceptors (Lipinski definition) is 5. The molecule has 0 radical (unpaired) electrons. The van der Waals surface area contributed by atoms with E-state index in [-0.39, 0.29) is 11.9 Å². The van der Waals surface area contributed by atoms with Gasteiger partial charge in [0.15, 0.2) is 5.58 Å². The molecular formula is C16H19N3O4S. The molecule has 2 aromatic rings. The molecular weight excluding hydrogens is 330 g/mol. The second-order valence-electron chi connectivity index (χ2n) is 5.87. The number of benzene rings is 1. The molecule has 0 spiro atoms. The van der Waals surface area contributed by atoms with E-state index in [1.165, 1.54) is 12.2 Å². The fraction of sp³-hybridized carbons (Fsp3) is 0.375.